The second-order valence-electron chi connectivity index (χ2n) is 5.84. The first-order valence-electron chi connectivity index (χ1n) is 7.38. The number of nitro groups is 1. The summed E-state index contributed by atoms with van der Waals surface area (Å²) in [7, 11) is 0. The molecular formula is C15H20ClN3O3. The van der Waals surface area contributed by atoms with E-state index in [0.29, 0.717) is 17.5 Å². The summed E-state index contributed by atoms with van der Waals surface area (Å²) in [6.45, 7) is 2.63. The van der Waals surface area contributed by atoms with Crippen molar-refractivity contribution in [3.8, 4) is 0 Å². The third-order valence-electron chi connectivity index (χ3n) is 4.49. The number of carbonyl (C=O) groups is 1. The molecule has 1 amide bonds. The van der Waals surface area contributed by atoms with Gasteiger partial charge in [0.2, 0.25) is 5.91 Å². The van der Waals surface area contributed by atoms with E-state index in [9.17, 15) is 14.9 Å². The summed E-state index contributed by atoms with van der Waals surface area (Å²) in [6, 6.07) is 6.90. The molecule has 120 valence electrons. The van der Waals surface area contributed by atoms with Gasteiger partial charge < -0.3 is 10.2 Å². The first-order valence-corrected chi connectivity index (χ1v) is 7.38. The van der Waals surface area contributed by atoms with E-state index >= 15 is 0 Å². The number of fused-ring (bicyclic) bond motifs is 1. The number of halogens is 1. The molecule has 2 fully saturated rings. The molecule has 3 rings (SSSR count). The number of hydrogen-bond donors (Lipinski definition) is 1. The molecule has 2 heterocycles. The van der Waals surface area contributed by atoms with Crippen molar-refractivity contribution in [3.63, 3.8) is 0 Å². The summed E-state index contributed by atoms with van der Waals surface area (Å²) in [5.41, 5.74) is 0.750. The van der Waals surface area contributed by atoms with Gasteiger partial charge >= 0.3 is 0 Å². The van der Waals surface area contributed by atoms with E-state index in [1.165, 1.54) is 12.1 Å². The van der Waals surface area contributed by atoms with E-state index < -0.39 is 4.92 Å². The Labute approximate surface area is 135 Å². The van der Waals surface area contributed by atoms with Gasteiger partial charge in [0.25, 0.3) is 5.69 Å². The van der Waals surface area contributed by atoms with Crippen molar-refractivity contribution in [2.75, 3.05) is 19.6 Å². The van der Waals surface area contributed by atoms with E-state index in [4.69, 9.17) is 0 Å². The highest BCUT2D eigenvalue weighted by atomic mass is 35.5. The van der Waals surface area contributed by atoms with Crippen molar-refractivity contribution in [1.82, 2.24) is 10.2 Å². The van der Waals surface area contributed by atoms with E-state index in [2.05, 4.69) is 5.32 Å². The SMILES string of the molecule is Cl.O=C(Cc1cccc([N+](=O)[O-])c1)N1CCC2NCCC2C1. The lowest BCUT2D eigenvalue weighted by Crippen LogP contribution is -2.47. The van der Waals surface area contributed by atoms with Crippen molar-refractivity contribution >= 4 is 24.0 Å². The summed E-state index contributed by atoms with van der Waals surface area (Å²) < 4.78 is 0. The Hall–Kier alpha value is -1.66. The number of nitrogens with zero attached hydrogens (tertiary/aromatic N) is 2. The molecule has 2 aliphatic rings. The van der Waals surface area contributed by atoms with Crippen LogP contribution < -0.4 is 5.32 Å². The molecule has 0 bridgehead atoms. The first-order chi connectivity index (χ1) is 10.1. The van der Waals surface area contributed by atoms with Crippen LogP contribution in [0.5, 0.6) is 0 Å². The lowest BCUT2D eigenvalue weighted by atomic mass is 9.93. The zero-order valence-electron chi connectivity index (χ0n) is 12.2. The Bertz CT molecular complexity index is 567. The number of nitro benzene ring substituents is 1. The molecule has 2 saturated heterocycles. The van der Waals surface area contributed by atoms with E-state index in [1.54, 1.807) is 12.1 Å². The quantitative estimate of drug-likeness (QED) is 0.679. The molecule has 0 radical (unpaired) electrons. The fraction of sp³-hybridized carbons (Fsp3) is 0.533. The highest BCUT2D eigenvalue weighted by molar-refractivity contribution is 5.85. The molecule has 2 aliphatic heterocycles. The molecule has 2 unspecified atom stereocenters. The number of non-ortho nitro benzene ring substituents is 1. The molecular weight excluding hydrogens is 306 g/mol. The van der Waals surface area contributed by atoms with Gasteiger partial charge in [-0.3, -0.25) is 14.9 Å². The van der Waals surface area contributed by atoms with Gasteiger partial charge in [0.05, 0.1) is 11.3 Å². The standard InChI is InChI=1S/C15H19N3O3.ClH/c19-15(9-11-2-1-3-13(8-11)18(20)21)17-7-5-14-12(10-17)4-6-16-14;/h1-3,8,12,14,16H,4-7,9-10H2;1H. The number of carbonyl (C=O) groups excluding carboxylic acids is 1. The minimum absolute atomic E-state index is 0. The van der Waals surface area contributed by atoms with Crippen LogP contribution in [0, 0.1) is 16.0 Å². The van der Waals surface area contributed by atoms with Gasteiger partial charge in [-0.1, -0.05) is 12.1 Å². The van der Waals surface area contributed by atoms with Crippen LogP contribution in [-0.2, 0) is 11.2 Å². The average molecular weight is 326 g/mol. The lowest BCUT2D eigenvalue weighted by Gasteiger charge is -2.35. The van der Waals surface area contributed by atoms with Gasteiger partial charge in [0.15, 0.2) is 0 Å². The van der Waals surface area contributed by atoms with Gasteiger partial charge in [-0.05, 0) is 30.9 Å². The Balaban J connectivity index is 0.00000176. The van der Waals surface area contributed by atoms with Gasteiger partial charge in [-0.2, -0.15) is 0 Å². The molecule has 1 N–H and O–H groups in total. The number of piperidine rings is 1. The summed E-state index contributed by atoms with van der Waals surface area (Å²) in [4.78, 5) is 24.6. The average Bonchev–Trinajstić information content (AvgIpc) is 2.94. The maximum absolute atomic E-state index is 12.4. The van der Waals surface area contributed by atoms with Crippen LogP contribution in [0.2, 0.25) is 0 Å². The molecule has 7 heteroatoms. The lowest BCUT2D eigenvalue weighted by molar-refractivity contribution is -0.384. The Morgan fingerprint density at radius 1 is 1.41 bits per heavy atom. The van der Waals surface area contributed by atoms with Crippen molar-refractivity contribution in [2.45, 2.75) is 25.3 Å². The van der Waals surface area contributed by atoms with Crippen LogP contribution in [0.25, 0.3) is 0 Å². The zero-order valence-corrected chi connectivity index (χ0v) is 13.1. The van der Waals surface area contributed by atoms with Crippen LogP contribution in [0.4, 0.5) is 5.69 Å². The van der Waals surface area contributed by atoms with Gasteiger partial charge in [0.1, 0.15) is 0 Å². The van der Waals surface area contributed by atoms with Gasteiger partial charge in [-0.15, -0.1) is 12.4 Å². The van der Waals surface area contributed by atoms with Crippen molar-refractivity contribution in [2.24, 2.45) is 5.92 Å². The summed E-state index contributed by atoms with van der Waals surface area (Å²) in [5, 5.41) is 14.2. The molecule has 2 atom stereocenters. The highest BCUT2D eigenvalue weighted by Gasteiger charge is 2.34. The number of likely N-dealkylation sites (tertiary alicyclic amines) is 1. The fourth-order valence-electron chi connectivity index (χ4n) is 3.34. The smallest absolute Gasteiger partial charge is 0.269 e. The van der Waals surface area contributed by atoms with Crippen LogP contribution >= 0.6 is 12.4 Å². The summed E-state index contributed by atoms with van der Waals surface area (Å²) in [6.07, 6.45) is 2.38. The minimum Gasteiger partial charge on any atom is -0.342 e. The first kappa shape index (κ1) is 16.7. The van der Waals surface area contributed by atoms with E-state index in [-0.39, 0.29) is 30.4 Å². The number of hydrogen-bond acceptors (Lipinski definition) is 4. The predicted molar refractivity (Wildman–Crippen MR) is 85.1 cm³/mol. The van der Waals surface area contributed by atoms with Gasteiger partial charge in [-0.25, -0.2) is 0 Å². The van der Waals surface area contributed by atoms with Crippen molar-refractivity contribution in [1.29, 1.82) is 0 Å². The summed E-state index contributed by atoms with van der Waals surface area (Å²) in [5.74, 6) is 0.633. The van der Waals surface area contributed by atoms with Crippen LogP contribution in [0.15, 0.2) is 24.3 Å². The second-order valence-corrected chi connectivity index (χ2v) is 5.84. The monoisotopic (exact) mass is 325 g/mol. The summed E-state index contributed by atoms with van der Waals surface area (Å²) >= 11 is 0. The normalized spacial score (nSPS) is 23.5. The Kier molecular flexibility index (Phi) is 5.37. The van der Waals surface area contributed by atoms with E-state index in [0.717, 1.165) is 32.5 Å². The van der Waals surface area contributed by atoms with Crippen LogP contribution in [0.3, 0.4) is 0 Å². The molecule has 0 saturated carbocycles. The van der Waals surface area contributed by atoms with Crippen LogP contribution in [0.1, 0.15) is 18.4 Å². The largest absolute Gasteiger partial charge is 0.342 e. The highest BCUT2D eigenvalue weighted by Crippen LogP contribution is 2.25. The van der Waals surface area contributed by atoms with Crippen molar-refractivity contribution < 1.29 is 9.72 Å². The predicted octanol–water partition coefficient (Wildman–Crippen LogP) is 1.77. The topological polar surface area (TPSA) is 75.5 Å². The molecule has 6 nitrogen and oxygen atoms in total. The molecule has 0 aromatic heterocycles. The number of amides is 1. The third-order valence-corrected chi connectivity index (χ3v) is 4.49. The zero-order chi connectivity index (χ0) is 14.8. The maximum atomic E-state index is 12.4. The van der Waals surface area contributed by atoms with E-state index in [1.807, 2.05) is 4.90 Å². The Morgan fingerprint density at radius 3 is 3.00 bits per heavy atom. The molecule has 22 heavy (non-hydrogen) atoms. The molecule has 1 aromatic carbocycles. The number of rotatable bonds is 3. The molecule has 1 aromatic rings. The minimum atomic E-state index is -0.427. The second kappa shape index (κ2) is 7.07. The molecule has 0 spiro atoms. The maximum Gasteiger partial charge on any atom is 0.269 e. The van der Waals surface area contributed by atoms with Crippen LogP contribution in [-0.4, -0.2) is 41.4 Å². The van der Waals surface area contributed by atoms with Crippen molar-refractivity contribution in [3.05, 3.63) is 39.9 Å². The Morgan fingerprint density at radius 2 is 2.23 bits per heavy atom. The fourth-order valence-corrected chi connectivity index (χ4v) is 3.34. The number of nitrogens with one attached hydrogen (secondary N) is 1. The van der Waals surface area contributed by atoms with Gasteiger partial charge in [0, 0.05) is 31.3 Å². The number of benzene rings is 1. The third kappa shape index (κ3) is 3.56. The molecule has 0 aliphatic carbocycles.